The molecule has 0 aromatic heterocycles. The molecule has 26 heavy (non-hydrogen) atoms. The highest BCUT2D eigenvalue weighted by Crippen LogP contribution is 2.34. The summed E-state index contributed by atoms with van der Waals surface area (Å²) in [7, 11) is 1.59. The number of carboxylic acids is 1. The first-order chi connectivity index (χ1) is 12.4. The fourth-order valence-electron chi connectivity index (χ4n) is 2.40. The third kappa shape index (κ3) is 5.81. The smallest absolute Gasteiger partial charge is 0.321 e. The molecule has 0 aliphatic heterocycles. The summed E-state index contributed by atoms with van der Waals surface area (Å²) >= 11 is 1.78. The second kappa shape index (κ2) is 9.29. The average Bonchev–Trinajstić information content (AvgIpc) is 2.62. The van der Waals surface area contributed by atoms with Gasteiger partial charge in [0.15, 0.2) is 0 Å². The molecule has 2 unspecified atom stereocenters. The number of urea groups is 1. The van der Waals surface area contributed by atoms with Crippen molar-refractivity contribution in [2.75, 3.05) is 18.9 Å². The molecule has 2 amide bonds. The van der Waals surface area contributed by atoms with Crippen LogP contribution in [0.2, 0.25) is 0 Å². The van der Waals surface area contributed by atoms with E-state index in [9.17, 15) is 9.59 Å². The molecule has 0 heterocycles. The van der Waals surface area contributed by atoms with Gasteiger partial charge in [0.2, 0.25) is 0 Å². The van der Waals surface area contributed by atoms with Gasteiger partial charge in [-0.25, -0.2) is 4.79 Å². The number of anilines is 1. The van der Waals surface area contributed by atoms with Gasteiger partial charge in [0, 0.05) is 29.4 Å². The molecule has 2 rings (SSSR count). The number of carbonyl (C=O) groups excluding carboxylic acids is 1. The van der Waals surface area contributed by atoms with Crippen LogP contribution < -0.4 is 5.32 Å². The summed E-state index contributed by atoms with van der Waals surface area (Å²) in [5, 5.41) is 12.0. The Morgan fingerprint density at radius 2 is 1.69 bits per heavy atom. The maximum absolute atomic E-state index is 12.1. The first kappa shape index (κ1) is 19.8. The quantitative estimate of drug-likeness (QED) is 0.690. The van der Waals surface area contributed by atoms with Gasteiger partial charge in [-0.3, -0.25) is 4.79 Å². The Bertz CT molecular complexity index is 734. The minimum Gasteiger partial charge on any atom is -0.481 e. The Labute approximate surface area is 158 Å². The van der Waals surface area contributed by atoms with Gasteiger partial charge >= 0.3 is 12.0 Å². The van der Waals surface area contributed by atoms with E-state index in [1.807, 2.05) is 42.5 Å². The van der Waals surface area contributed by atoms with E-state index in [0.717, 1.165) is 0 Å². The first-order valence-corrected chi connectivity index (χ1v) is 9.31. The molecular formula is C20H24N2O3S. The van der Waals surface area contributed by atoms with Crippen LogP contribution in [0.3, 0.4) is 0 Å². The largest absolute Gasteiger partial charge is 0.481 e. The standard InChI is InChI=1S/C20H24N2O3S/c1-14(19(23)24)13-22(3)20(25)21-17-11-9-16(10-12-17)15(2)26-18-7-5-4-6-8-18/h4-12,14-15H,13H2,1-3H3,(H,21,25)(H,23,24). The maximum Gasteiger partial charge on any atom is 0.321 e. The van der Waals surface area contributed by atoms with E-state index in [0.29, 0.717) is 10.9 Å². The third-order valence-corrected chi connectivity index (χ3v) is 5.17. The number of thioether (sulfide) groups is 1. The summed E-state index contributed by atoms with van der Waals surface area (Å²) in [6.07, 6.45) is 0. The van der Waals surface area contributed by atoms with Gasteiger partial charge in [0.1, 0.15) is 0 Å². The second-order valence-electron chi connectivity index (χ2n) is 6.25. The molecule has 2 aromatic carbocycles. The Morgan fingerprint density at radius 3 is 2.27 bits per heavy atom. The van der Waals surface area contributed by atoms with E-state index in [4.69, 9.17) is 5.11 Å². The Morgan fingerprint density at radius 1 is 1.08 bits per heavy atom. The molecule has 5 nitrogen and oxygen atoms in total. The number of nitrogens with zero attached hydrogens (tertiary/aromatic N) is 1. The van der Waals surface area contributed by atoms with Gasteiger partial charge in [-0.15, -0.1) is 11.8 Å². The van der Waals surface area contributed by atoms with E-state index in [1.54, 1.807) is 25.7 Å². The van der Waals surface area contributed by atoms with Crippen LogP contribution in [-0.4, -0.2) is 35.6 Å². The minimum absolute atomic E-state index is 0.157. The Kier molecular flexibility index (Phi) is 7.09. The molecule has 6 heteroatoms. The number of amides is 2. The fourth-order valence-corrected chi connectivity index (χ4v) is 3.42. The van der Waals surface area contributed by atoms with Gasteiger partial charge < -0.3 is 15.3 Å². The van der Waals surface area contributed by atoms with Gasteiger partial charge in [-0.2, -0.15) is 0 Å². The molecule has 0 saturated heterocycles. The lowest BCUT2D eigenvalue weighted by Gasteiger charge is -2.20. The molecular weight excluding hydrogens is 348 g/mol. The van der Waals surface area contributed by atoms with Crippen LogP contribution >= 0.6 is 11.8 Å². The summed E-state index contributed by atoms with van der Waals surface area (Å²) < 4.78 is 0. The molecule has 0 spiro atoms. The van der Waals surface area contributed by atoms with Crippen LogP contribution in [0.1, 0.15) is 24.7 Å². The number of carboxylic acid groups (broad SMARTS) is 1. The van der Waals surface area contributed by atoms with Crippen molar-refractivity contribution in [3.63, 3.8) is 0 Å². The average molecular weight is 372 g/mol. The maximum atomic E-state index is 12.1. The van der Waals surface area contributed by atoms with Crippen LogP contribution in [0.25, 0.3) is 0 Å². The molecule has 138 valence electrons. The van der Waals surface area contributed by atoms with Crippen molar-refractivity contribution in [1.29, 1.82) is 0 Å². The highest BCUT2D eigenvalue weighted by atomic mass is 32.2. The second-order valence-corrected chi connectivity index (χ2v) is 7.66. The number of aliphatic carboxylic acids is 1. The number of benzene rings is 2. The number of rotatable bonds is 7. The zero-order valence-corrected chi connectivity index (χ0v) is 16.0. The Hall–Kier alpha value is -2.47. The van der Waals surface area contributed by atoms with Crippen molar-refractivity contribution >= 4 is 29.4 Å². The highest BCUT2D eigenvalue weighted by Gasteiger charge is 2.17. The SMILES string of the molecule is CC(CN(C)C(=O)Nc1ccc(C(C)Sc2ccccc2)cc1)C(=O)O. The van der Waals surface area contributed by atoms with Gasteiger partial charge in [0.25, 0.3) is 0 Å². The Balaban J connectivity index is 1.92. The zero-order valence-electron chi connectivity index (χ0n) is 15.2. The van der Waals surface area contributed by atoms with E-state index in [2.05, 4.69) is 24.4 Å². The number of nitrogens with one attached hydrogen (secondary N) is 1. The van der Waals surface area contributed by atoms with Crippen molar-refractivity contribution in [1.82, 2.24) is 4.90 Å². The number of carbonyl (C=O) groups is 2. The highest BCUT2D eigenvalue weighted by molar-refractivity contribution is 7.99. The van der Waals surface area contributed by atoms with Crippen LogP contribution in [0.5, 0.6) is 0 Å². The monoisotopic (exact) mass is 372 g/mol. The first-order valence-electron chi connectivity index (χ1n) is 8.43. The lowest BCUT2D eigenvalue weighted by molar-refractivity contribution is -0.141. The molecule has 0 aliphatic rings. The molecule has 0 bridgehead atoms. The van der Waals surface area contributed by atoms with Crippen molar-refractivity contribution in [3.8, 4) is 0 Å². The van der Waals surface area contributed by atoms with Crippen molar-refractivity contribution in [2.24, 2.45) is 5.92 Å². The summed E-state index contributed by atoms with van der Waals surface area (Å²) in [5.41, 5.74) is 1.86. The molecule has 0 fully saturated rings. The predicted octanol–water partition coefficient (Wildman–Crippen LogP) is 4.72. The molecule has 0 aliphatic carbocycles. The summed E-state index contributed by atoms with van der Waals surface area (Å²) in [5.74, 6) is -1.53. The molecule has 2 atom stereocenters. The van der Waals surface area contributed by atoms with E-state index >= 15 is 0 Å². The fraction of sp³-hybridized carbons (Fsp3) is 0.300. The third-order valence-electron chi connectivity index (χ3n) is 4.00. The van der Waals surface area contributed by atoms with E-state index < -0.39 is 11.9 Å². The summed E-state index contributed by atoms with van der Waals surface area (Å²) in [6.45, 7) is 3.88. The number of hydrogen-bond donors (Lipinski definition) is 2. The normalized spacial score (nSPS) is 12.9. The summed E-state index contributed by atoms with van der Waals surface area (Å²) in [4.78, 5) is 25.6. The molecule has 2 aromatic rings. The van der Waals surface area contributed by atoms with Gasteiger partial charge in [-0.1, -0.05) is 37.3 Å². The van der Waals surface area contributed by atoms with Gasteiger partial charge in [0.05, 0.1) is 5.92 Å². The van der Waals surface area contributed by atoms with Crippen molar-refractivity contribution in [2.45, 2.75) is 24.0 Å². The van der Waals surface area contributed by atoms with Crippen LogP contribution in [0.4, 0.5) is 10.5 Å². The van der Waals surface area contributed by atoms with Crippen molar-refractivity contribution in [3.05, 3.63) is 60.2 Å². The predicted molar refractivity (Wildman–Crippen MR) is 106 cm³/mol. The lowest BCUT2D eigenvalue weighted by Crippen LogP contribution is -2.36. The molecule has 2 N–H and O–H groups in total. The topological polar surface area (TPSA) is 69.6 Å². The van der Waals surface area contributed by atoms with Crippen LogP contribution in [0.15, 0.2) is 59.5 Å². The van der Waals surface area contributed by atoms with Crippen LogP contribution in [-0.2, 0) is 4.79 Å². The minimum atomic E-state index is -0.918. The zero-order chi connectivity index (χ0) is 19.1. The van der Waals surface area contributed by atoms with E-state index in [-0.39, 0.29) is 12.6 Å². The van der Waals surface area contributed by atoms with Crippen molar-refractivity contribution < 1.29 is 14.7 Å². The van der Waals surface area contributed by atoms with E-state index in [1.165, 1.54) is 15.4 Å². The van der Waals surface area contributed by atoms with Gasteiger partial charge in [-0.05, 0) is 36.8 Å². The number of hydrogen-bond acceptors (Lipinski definition) is 3. The summed E-state index contributed by atoms with van der Waals surface area (Å²) in [6, 6.07) is 17.6. The lowest BCUT2D eigenvalue weighted by atomic mass is 10.1. The molecule has 0 saturated carbocycles. The molecule has 0 radical (unpaired) electrons. The van der Waals surface area contributed by atoms with Crippen LogP contribution in [0, 0.1) is 5.92 Å².